The summed E-state index contributed by atoms with van der Waals surface area (Å²) in [6.45, 7) is 57.1. The highest BCUT2D eigenvalue weighted by atomic mass is 16.3. The summed E-state index contributed by atoms with van der Waals surface area (Å²) in [4.78, 5) is 6.79. The molecule has 3 aromatic carbocycles. The topological polar surface area (TPSA) is 30.0 Å². The number of rotatable bonds is 16. The fourth-order valence-electron chi connectivity index (χ4n) is 11.4. The first-order chi connectivity index (χ1) is 40.3. The van der Waals surface area contributed by atoms with Gasteiger partial charge in [0, 0.05) is 56.8 Å². The van der Waals surface area contributed by atoms with Crippen molar-refractivity contribution in [2.75, 3.05) is 61.1 Å². The number of likely N-dealkylation sites (N-methyl/N-ethyl adjacent to an activating group) is 1. The number of hydrogen-bond acceptors (Lipinski definition) is 4. The zero-order chi connectivity index (χ0) is 65.4. The summed E-state index contributed by atoms with van der Waals surface area (Å²) >= 11 is 0. The second-order valence-corrected chi connectivity index (χ2v) is 31.6. The molecule has 4 heteroatoms. The predicted molar refractivity (Wildman–Crippen MR) is 393 cm³/mol. The Hall–Kier alpha value is -5.84. The Morgan fingerprint density at radius 3 is 1.11 bits per heavy atom. The van der Waals surface area contributed by atoms with Crippen LogP contribution in [0.1, 0.15) is 214 Å². The molecule has 87 heavy (non-hydrogen) atoms. The fraction of sp³-hybridized carbons (Fsp3) is 0.518. The first-order valence-electron chi connectivity index (χ1n) is 33.1. The van der Waals surface area contributed by atoms with Gasteiger partial charge in [-0.2, -0.15) is 0 Å². The van der Waals surface area contributed by atoms with Crippen LogP contribution >= 0.6 is 0 Å². The van der Waals surface area contributed by atoms with Gasteiger partial charge in [-0.3, -0.25) is 0 Å². The van der Waals surface area contributed by atoms with E-state index in [1.807, 2.05) is 11.9 Å². The van der Waals surface area contributed by atoms with Crippen LogP contribution in [-0.2, 0) is 0 Å². The summed E-state index contributed by atoms with van der Waals surface area (Å²) in [5.41, 5.74) is 18.2. The van der Waals surface area contributed by atoms with Gasteiger partial charge in [-0.1, -0.05) is 269 Å². The van der Waals surface area contributed by atoms with Gasteiger partial charge in [0.1, 0.15) is 0 Å². The summed E-state index contributed by atoms with van der Waals surface area (Å²) in [7, 11) is 1.98. The minimum absolute atomic E-state index is 0.183. The first-order valence-corrected chi connectivity index (χ1v) is 33.1. The highest BCUT2D eigenvalue weighted by molar-refractivity contribution is 5.61. The lowest BCUT2D eigenvalue weighted by Crippen LogP contribution is -2.21. The van der Waals surface area contributed by atoms with E-state index < -0.39 is 0 Å². The molecule has 0 heterocycles. The van der Waals surface area contributed by atoms with Crippen LogP contribution in [0.25, 0.3) is 18.2 Å². The Balaban J connectivity index is 0.000000312. The van der Waals surface area contributed by atoms with Crippen molar-refractivity contribution < 1.29 is 5.11 Å². The molecule has 3 aliphatic rings. The van der Waals surface area contributed by atoms with E-state index in [0.717, 1.165) is 51.1 Å². The van der Waals surface area contributed by atoms with Gasteiger partial charge in [0.2, 0.25) is 0 Å². The molecule has 6 rings (SSSR count). The van der Waals surface area contributed by atoms with Crippen molar-refractivity contribution >= 4 is 35.3 Å². The Morgan fingerprint density at radius 2 is 0.759 bits per heavy atom. The average Bonchev–Trinajstić information content (AvgIpc) is 2.53. The minimum atomic E-state index is 0.183. The van der Waals surface area contributed by atoms with Gasteiger partial charge in [0.25, 0.3) is 0 Å². The van der Waals surface area contributed by atoms with Crippen molar-refractivity contribution in [3.8, 4) is 0 Å². The van der Waals surface area contributed by atoms with E-state index in [1.54, 1.807) is 0 Å². The van der Waals surface area contributed by atoms with E-state index >= 15 is 0 Å². The summed E-state index contributed by atoms with van der Waals surface area (Å²) in [5.74, 6) is 0. The number of nitrogens with zero attached hydrogens (tertiary/aromatic N) is 3. The van der Waals surface area contributed by atoms with Crippen molar-refractivity contribution in [1.29, 1.82) is 0 Å². The van der Waals surface area contributed by atoms with Crippen LogP contribution in [-0.4, -0.2) is 51.5 Å². The molecule has 4 nitrogen and oxygen atoms in total. The standard InChI is InChI=1S/C27H39N.C25H37N.C16H26.C15H23NO/c1-8-28(9-2)25-16-14-22(15-17-25)12-13-24-19-23(20-27(6,7)21-24)11-10-18-26(3,4)5;1-8-26(9-2)23-14-12-20(13-15-23)10-11-21-16-22(17-24(3,4)5)19-25(6,7)18-21;1-13-10-14(12-16(5,6)11-13)8-7-9-15(2,3)4;1-15(2,3)10-9-13-5-7-14(8-6-13)16(4)11-12-17/h10-19H,8-9,20-21H2,1-7H3;10-17H,8-9,18-19H2,1-7H3;7-10H,11-12H2,1-6H3;5-10,17H,11-12H2,1-4H3/b13-12+,18-10+,23-11-;11-10+,22-17-;9-7+,14-8-;10-9+. The lowest BCUT2D eigenvalue weighted by Gasteiger charge is -2.31. The molecule has 1 N–H and O–H groups in total. The Bertz CT molecular complexity index is 2890. The van der Waals surface area contributed by atoms with E-state index in [1.165, 1.54) is 80.8 Å². The van der Waals surface area contributed by atoms with Crippen LogP contribution in [0.2, 0.25) is 0 Å². The minimum Gasteiger partial charge on any atom is -0.395 e. The predicted octanol–water partition coefficient (Wildman–Crippen LogP) is 23.5. The molecule has 478 valence electrons. The Labute approximate surface area is 536 Å². The third kappa shape index (κ3) is 31.8. The Kier molecular flexibility index (Phi) is 29.7. The number of benzene rings is 3. The fourth-order valence-corrected chi connectivity index (χ4v) is 11.4. The molecule has 0 spiro atoms. The van der Waals surface area contributed by atoms with Crippen molar-refractivity contribution in [2.45, 2.75) is 198 Å². The van der Waals surface area contributed by atoms with Gasteiger partial charge >= 0.3 is 0 Å². The van der Waals surface area contributed by atoms with Crippen molar-refractivity contribution in [1.82, 2.24) is 0 Å². The first kappa shape index (κ1) is 75.4. The van der Waals surface area contributed by atoms with Crippen LogP contribution in [0, 0.1) is 37.9 Å². The van der Waals surface area contributed by atoms with Gasteiger partial charge < -0.3 is 19.8 Å². The molecule has 0 fully saturated rings. The largest absolute Gasteiger partial charge is 0.395 e. The molecule has 3 aliphatic carbocycles. The van der Waals surface area contributed by atoms with Gasteiger partial charge in [-0.05, 0) is 186 Å². The zero-order valence-corrected chi connectivity index (χ0v) is 59.9. The van der Waals surface area contributed by atoms with E-state index in [0.29, 0.717) is 22.8 Å². The third-order valence-corrected chi connectivity index (χ3v) is 15.3. The maximum Gasteiger partial charge on any atom is 0.0606 e. The highest BCUT2D eigenvalue weighted by Gasteiger charge is 2.27. The zero-order valence-electron chi connectivity index (χ0n) is 59.9. The van der Waals surface area contributed by atoms with Gasteiger partial charge in [-0.25, -0.2) is 0 Å². The molecule has 0 saturated heterocycles. The van der Waals surface area contributed by atoms with Gasteiger partial charge in [0.05, 0.1) is 6.61 Å². The lowest BCUT2D eigenvalue weighted by atomic mass is 9.74. The normalized spacial score (nSPS) is 18.5. The third-order valence-electron chi connectivity index (χ3n) is 15.3. The van der Waals surface area contributed by atoms with Crippen molar-refractivity contribution in [2.24, 2.45) is 37.9 Å². The van der Waals surface area contributed by atoms with Crippen LogP contribution < -0.4 is 14.7 Å². The number of aliphatic hydroxyl groups is 1. The number of aliphatic hydroxyl groups excluding tert-OH is 1. The quantitative estimate of drug-likeness (QED) is 0.155. The smallest absolute Gasteiger partial charge is 0.0606 e. The van der Waals surface area contributed by atoms with E-state index in [2.05, 4.69) is 339 Å². The number of hydrogen-bond donors (Lipinski definition) is 1. The SMILES string of the molecule is CC1=C/C(=C/C=C/C(C)(C)C)CC(C)(C)C1.CCN(CC)c1ccc(/C=C/C2=CC(=C/C(C)(C)C)/CC(C)(C)C2)cc1.CCN(CC)c1ccc(/C=C/C2=CC(=C/C=C/C(C)(C)C)/CC(C)(C)C2)cc1.CN(CCO)c1ccc(/C=C/C(C)(C)C)cc1. The van der Waals surface area contributed by atoms with Crippen molar-refractivity contribution in [3.63, 3.8) is 0 Å². The number of allylic oxidation sites excluding steroid dienone is 19. The summed E-state index contributed by atoms with van der Waals surface area (Å²) in [5, 5.41) is 8.87. The van der Waals surface area contributed by atoms with Gasteiger partial charge in [-0.15, -0.1) is 0 Å². The molecule has 0 saturated carbocycles. The lowest BCUT2D eigenvalue weighted by molar-refractivity contribution is 0.304. The van der Waals surface area contributed by atoms with Crippen LogP contribution in [0.5, 0.6) is 0 Å². The molecule has 0 aliphatic heterocycles. The second-order valence-electron chi connectivity index (χ2n) is 31.6. The maximum atomic E-state index is 8.87. The molecule has 0 atom stereocenters. The van der Waals surface area contributed by atoms with Crippen LogP contribution in [0.4, 0.5) is 17.1 Å². The summed E-state index contributed by atoms with van der Waals surface area (Å²) < 4.78 is 0. The summed E-state index contributed by atoms with van der Waals surface area (Å²) in [6, 6.07) is 26.2. The monoisotopic (exact) mass is 1180 g/mol. The molecular weight excluding hydrogens is 1050 g/mol. The molecule has 0 amide bonds. The molecule has 0 bridgehead atoms. The molecule has 0 aromatic heterocycles. The number of anilines is 3. The van der Waals surface area contributed by atoms with Crippen LogP contribution in [0.3, 0.4) is 0 Å². The van der Waals surface area contributed by atoms with E-state index in [9.17, 15) is 0 Å². The average molecular weight is 1180 g/mol. The molecule has 0 unspecified atom stereocenters. The molecule has 3 aromatic rings. The maximum absolute atomic E-state index is 8.87. The van der Waals surface area contributed by atoms with E-state index in [4.69, 9.17) is 5.11 Å². The van der Waals surface area contributed by atoms with E-state index in [-0.39, 0.29) is 28.3 Å². The Morgan fingerprint density at radius 1 is 0.414 bits per heavy atom. The van der Waals surface area contributed by atoms with Gasteiger partial charge in [0.15, 0.2) is 0 Å². The van der Waals surface area contributed by atoms with Crippen LogP contribution in [0.15, 0.2) is 185 Å². The molecular formula is C83H125N3O. The van der Waals surface area contributed by atoms with Crippen molar-refractivity contribution in [3.05, 3.63) is 202 Å². The molecule has 0 radical (unpaired) electrons. The summed E-state index contributed by atoms with van der Waals surface area (Å²) in [6.07, 6.45) is 43.6. The second kappa shape index (κ2) is 34.2. The highest BCUT2D eigenvalue weighted by Crippen LogP contribution is 2.41.